The number of allylic oxidation sites excluding steroid dienone is 6. The van der Waals surface area contributed by atoms with Gasteiger partial charge in [0.05, 0.1) is 38.6 Å². The molecule has 82 heavy (non-hydrogen) atoms. The molecule has 3 aliphatic rings. The summed E-state index contributed by atoms with van der Waals surface area (Å²) in [6.07, 6.45) is 23.6. The van der Waals surface area contributed by atoms with Crippen LogP contribution in [0.5, 0.6) is 0 Å². The first-order chi connectivity index (χ1) is 39.8. The molecule has 19 heteroatoms. The number of amides is 1. The molecule has 0 saturated carbocycles. The van der Waals surface area contributed by atoms with Gasteiger partial charge >= 0.3 is 0 Å². The highest BCUT2D eigenvalue weighted by molar-refractivity contribution is 5.76. The Bertz CT molecular complexity index is 1640. The van der Waals surface area contributed by atoms with Crippen LogP contribution >= 0.6 is 0 Å². The van der Waals surface area contributed by atoms with Crippen LogP contribution in [0, 0.1) is 0 Å². The molecule has 3 rings (SSSR count). The molecule has 0 radical (unpaired) electrons. The molecule has 0 aromatic rings. The monoisotopic (exact) mass is 1170 g/mol. The summed E-state index contributed by atoms with van der Waals surface area (Å²) in [5.74, 6) is -0.255. The van der Waals surface area contributed by atoms with Crippen molar-refractivity contribution < 1.29 is 89.4 Å². The number of nitrogens with one attached hydrogen (secondary N) is 1. The van der Waals surface area contributed by atoms with Crippen molar-refractivity contribution in [3.05, 3.63) is 36.5 Å². The second-order valence-electron chi connectivity index (χ2n) is 23.2. The number of carbonyl (C=O) groups is 1. The third-order valence-electron chi connectivity index (χ3n) is 16.2. The predicted molar refractivity (Wildman–Crippen MR) is 314 cm³/mol. The highest BCUT2D eigenvalue weighted by Gasteiger charge is 2.53. The Morgan fingerprint density at radius 2 is 0.805 bits per heavy atom. The van der Waals surface area contributed by atoms with Crippen molar-refractivity contribution in [2.75, 3.05) is 26.4 Å². The lowest BCUT2D eigenvalue weighted by atomic mass is 9.96. The van der Waals surface area contributed by atoms with Crippen molar-refractivity contribution in [3.63, 3.8) is 0 Å². The molecule has 12 N–H and O–H groups in total. The van der Waals surface area contributed by atoms with Gasteiger partial charge in [-0.2, -0.15) is 0 Å². The number of rotatable bonds is 48. The van der Waals surface area contributed by atoms with Gasteiger partial charge in [-0.05, 0) is 51.4 Å². The lowest BCUT2D eigenvalue weighted by molar-refractivity contribution is -0.379. The lowest BCUT2D eigenvalue weighted by Gasteiger charge is -2.48. The number of aliphatic hydroxyl groups excluding tert-OH is 11. The third-order valence-corrected chi connectivity index (χ3v) is 16.2. The van der Waals surface area contributed by atoms with Gasteiger partial charge < -0.3 is 89.9 Å². The summed E-state index contributed by atoms with van der Waals surface area (Å²) in [7, 11) is 0. The van der Waals surface area contributed by atoms with Gasteiger partial charge in [0.25, 0.3) is 0 Å². The summed E-state index contributed by atoms with van der Waals surface area (Å²) in [6.45, 7) is 1.78. The van der Waals surface area contributed by atoms with Crippen molar-refractivity contribution >= 4 is 5.91 Å². The molecule has 3 fully saturated rings. The normalized spacial score (nSPS) is 29.8. The average Bonchev–Trinajstić information content (AvgIpc) is 3.40. The molecular weight excluding hydrogens is 1060 g/mol. The zero-order valence-corrected chi connectivity index (χ0v) is 50.2. The van der Waals surface area contributed by atoms with Crippen LogP contribution in [0.4, 0.5) is 0 Å². The first-order valence-electron chi connectivity index (χ1n) is 32.2. The van der Waals surface area contributed by atoms with Gasteiger partial charge in [0.2, 0.25) is 5.91 Å². The van der Waals surface area contributed by atoms with E-state index in [1.807, 2.05) is 0 Å². The molecule has 0 aliphatic carbocycles. The Hall–Kier alpha value is -1.99. The van der Waals surface area contributed by atoms with Crippen LogP contribution in [-0.4, -0.2) is 193 Å². The molecule has 0 aromatic heterocycles. The number of ether oxygens (including phenoxy) is 6. The van der Waals surface area contributed by atoms with E-state index in [2.05, 4.69) is 55.6 Å². The summed E-state index contributed by atoms with van der Waals surface area (Å²) >= 11 is 0. The van der Waals surface area contributed by atoms with Gasteiger partial charge in [-0.3, -0.25) is 4.79 Å². The molecule has 3 saturated heterocycles. The van der Waals surface area contributed by atoms with Crippen molar-refractivity contribution in [2.45, 2.75) is 330 Å². The number of aliphatic hydroxyl groups is 11. The van der Waals surface area contributed by atoms with E-state index in [9.17, 15) is 61.0 Å². The van der Waals surface area contributed by atoms with E-state index in [-0.39, 0.29) is 18.9 Å². The van der Waals surface area contributed by atoms with Crippen LogP contribution in [0.1, 0.15) is 226 Å². The molecule has 0 bridgehead atoms. The Kier molecular flexibility index (Phi) is 41.8. The lowest BCUT2D eigenvalue weighted by Crippen LogP contribution is -2.66. The van der Waals surface area contributed by atoms with Gasteiger partial charge in [-0.15, -0.1) is 0 Å². The first kappa shape index (κ1) is 74.3. The number of unbranched alkanes of at least 4 members (excludes halogenated alkanes) is 26. The Balaban J connectivity index is 1.47. The molecule has 19 nitrogen and oxygen atoms in total. The fourth-order valence-electron chi connectivity index (χ4n) is 10.9. The summed E-state index contributed by atoms with van der Waals surface area (Å²) in [6, 6.07) is -0.894. The molecule has 17 unspecified atom stereocenters. The molecular formula is C63H115NO18. The minimum Gasteiger partial charge on any atom is -0.394 e. The van der Waals surface area contributed by atoms with Crippen molar-refractivity contribution in [3.8, 4) is 0 Å². The first-order valence-corrected chi connectivity index (χ1v) is 32.2. The van der Waals surface area contributed by atoms with E-state index in [1.54, 1.807) is 0 Å². The summed E-state index contributed by atoms with van der Waals surface area (Å²) in [5, 5.41) is 120. The summed E-state index contributed by atoms with van der Waals surface area (Å²) in [4.78, 5) is 13.4. The summed E-state index contributed by atoms with van der Waals surface area (Å²) < 4.78 is 34.3. The largest absolute Gasteiger partial charge is 0.394 e. The second-order valence-corrected chi connectivity index (χ2v) is 23.2. The van der Waals surface area contributed by atoms with E-state index >= 15 is 0 Å². The highest BCUT2D eigenvalue weighted by Crippen LogP contribution is 2.33. The van der Waals surface area contributed by atoms with E-state index in [4.69, 9.17) is 28.4 Å². The van der Waals surface area contributed by atoms with Crippen LogP contribution in [0.15, 0.2) is 36.5 Å². The van der Waals surface area contributed by atoms with Gasteiger partial charge in [0, 0.05) is 6.42 Å². The van der Waals surface area contributed by atoms with Gasteiger partial charge in [0.1, 0.15) is 73.2 Å². The fraction of sp³-hybridized carbons (Fsp3) is 0.889. The Morgan fingerprint density at radius 3 is 1.26 bits per heavy atom. The standard InChI is InChI=1S/C63H115NO18/c1-3-5-7-9-11-13-15-17-19-21-22-23-24-25-27-29-31-33-35-37-39-41-51(69)64-46(47(68)40-38-36-34-32-30-28-26-20-18-16-14-12-10-8-6-4-2)45-77-61-57(75)54(72)59(49(43-66)79-61)82-63-58(76)55(73)60(50(44-67)80-63)81-62-56(74)53(71)52(70)48(42-65)78-62/h15,17,21-22,24-25,46-50,52-63,65-68,70-76H,3-14,16,18-20,23,26-45H2,1-2H3,(H,64,69)/b17-15-,22-21-,25-24-. The number of hydrogen-bond acceptors (Lipinski definition) is 18. The van der Waals surface area contributed by atoms with Crippen molar-refractivity contribution in [2.24, 2.45) is 0 Å². The third kappa shape index (κ3) is 29.1. The van der Waals surface area contributed by atoms with E-state index in [1.165, 1.54) is 116 Å². The maximum atomic E-state index is 13.4. The van der Waals surface area contributed by atoms with Gasteiger partial charge in [-0.25, -0.2) is 0 Å². The van der Waals surface area contributed by atoms with E-state index in [0.717, 1.165) is 77.0 Å². The molecule has 3 heterocycles. The number of carbonyl (C=O) groups excluding carboxylic acids is 1. The quantitative estimate of drug-likeness (QED) is 0.0218. The minimum atomic E-state index is -1.97. The average molecular weight is 1170 g/mol. The second kappa shape index (κ2) is 46.2. The minimum absolute atomic E-state index is 0.252. The summed E-state index contributed by atoms with van der Waals surface area (Å²) in [5.41, 5.74) is 0. The van der Waals surface area contributed by atoms with Crippen LogP contribution in [0.25, 0.3) is 0 Å². The maximum absolute atomic E-state index is 13.4. The number of hydrogen-bond donors (Lipinski definition) is 12. The van der Waals surface area contributed by atoms with Crippen LogP contribution in [0.2, 0.25) is 0 Å². The highest BCUT2D eigenvalue weighted by atomic mass is 16.8. The SMILES string of the molecule is CCCCCCC/C=C\C/C=C\C/C=C\CCCCCCCCC(=O)NC(COC1OC(CO)C(OC2OC(CO)C(OC3OC(CO)C(O)C(O)C3O)C(O)C2O)C(O)C1O)C(O)CCCCCCCCCCCCCCCCCC. The smallest absolute Gasteiger partial charge is 0.220 e. The molecule has 17 atom stereocenters. The van der Waals surface area contributed by atoms with E-state index in [0.29, 0.717) is 12.8 Å². The molecule has 0 spiro atoms. The Morgan fingerprint density at radius 1 is 0.439 bits per heavy atom. The zero-order chi connectivity index (χ0) is 59.7. The molecule has 480 valence electrons. The van der Waals surface area contributed by atoms with E-state index < -0.39 is 124 Å². The maximum Gasteiger partial charge on any atom is 0.220 e. The van der Waals surface area contributed by atoms with Crippen molar-refractivity contribution in [1.29, 1.82) is 0 Å². The van der Waals surface area contributed by atoms with Crippen LogP contribution in [0.3, 0.4) is 0 Å². The van der Waals surface area contributed by atoms with Crippen molar-refractivity contribution in [1.82, 2.24) is 5.32 Å². The van der Waals surface area contributed by atoms with Crippen LogP contribution in [-0.2, 0) is 33.2 Å². The van der Waals surface area contributed by atoms with Gasteiger partial charge in [0.15, 0.2) is 18.9 Å². The fourth-order valence-corrected chi connectivity index (χ4v) is 10.9. The van der Waals surface area contributed by atoms with Crippen LogP contribution < -0.4 is 5.32 Å². The van der Waals surface area contributed by atoms with Gasteiger partial charge in [-0.1, -0.05) is 204 Å². The molecule has 1 amide bonds. The molecule has 3 aliphatic heterocycles. The zero-order valence-electron chi connectivity index (χ0n) is 50.2. The Labute approximate surface area is 491 Å². The predicted octanol–water partition coefficient (Wildman–Crippen LogP) is 6.88. The molecule has 0 aromatic carbocycles. The topological polar surface area (TPSA) is 307 Å².